The second kappa shape index (κ2) is 4.65. The number of carboxylic acids is 1. The number of rotatable bonds is 4. The van der Waals surface area contributed by atoms with Gasteiger partial charge in [0.15, 0.2) is 5.69 Å². The topological polar surface area (TPSA) is 134 Å². The third kappa shape index (κ3) is 2.34. The van der Waals surface area contributed by atoms with Crippen molar-refractivity contribution in [3.63, 3.8) is 0 Å². The molecule has 0 fully saturated rings. The van der Waals surface area contributed by atoms with Gasteiger partial charge in [0, 0.05) is 6.07 Å². The van der Waals surface area contributed by atoms with Crippen LogP contribution in [0.15, 0.2) is 16.9 Å². The molecule has 0 saturated carbocycles. The molecule has 0 radical (unpaired) electrons. The predicted octanol–water partition coefficient (Wildman–Crippen LogP) is -0.0181. The Morgan fingerprint density at radius 3 is 2.89 bits per heavy atom. The Morgan fingerprint density at radius 2 is 2.33 bits per heavy atom. The molecule has 3 N–H and O–H groups in total. The van der Waals surface area contributed by atoms with Gasteiger partial charge in [-0.3, -0.25) is 9.89 Å². The first-order chi connectivity index (χ1) is 8.58. The Balaban J connectivity index is 2.05. The summed E-state index contributed by atoms with van der Waals surface area (Å²) in [6.45, 7) is 1.69. The van der Waals surface area contributed by atoms with E-state index < -0.39 is 23.7 Å². The Kier molecular flexibility index (Phi) is 3.04. The Bertz CT molecular complexity index is 561. The van der Waals surface area contributed by atoms with E-state index in [1.807, 2.05) is 0 Å². The van der Waals surface area contributed by atoms with E-state index in [-0.39, 0.29) is 5.69 Å². The van der Waals surface area contributed by atoms with Crippen molar-refractivity contribution >= 4 is 11.9 Å². The number of amides is 1. The summed E-state index contributed by atoms with van der Waals surface area (Å²) in [5, 5.41) is 20.8. The van der Waals surface area contributed by atoms with Crippen LogP contribution in [0.1, 0.15) is 39.8 Å². The molecular weight excluding hydrogens is 242 g/mol. The van der Waals surface area contributed by atoms with E-state index in [0.29, 0.717) is 5.82 Å². The SMILES string of the molecule is CC(NC(=O)c1cc(C(=O)O)on1)c1ncn[nH]1. The molecule has 2 aromatic heterocycles. The minimum Gasteiger partial charge on any atom is -0.475 e. The molecule has 0 spiro atoms. The number of aromatic amines is 1. The molecule has 9 heteroatoms. The smallest absolute Gasteiger partial charge is 0.374 e. The van der Waals surface area contributed by atoms with Crippen LogP contribution in [-0.4, -0.2) is 37.3 Å². The number of H-pyrrole nitrogens is 1. The second-order valence-electron chi connectivity index (χ2n) is 3.45. The van der Waals surface area contributed by atoms with E-state index >= 15 is 0 Å². The van der Waals surface area contributed by atoms with Crippen LogP contribution in [-0.2, 0) is 0 Å². The summed E-state index contributed by atoms with van der Waals surface area (Å²) in [7, 11) is 0. The molecule has 94 valence electrons. The highest BCUT2D eigenvalue weighted by molar-refractivity contribution is 5.94. The minimum absolute atomic E-state index is 0.112. The first kappa shape index (κ1) is 11.8. The van der Waals surface area contributed by atoms with Crippen LogP contribution in [0.3, 0.4) is 0 Å². The zero-order valence-electron chi connectivity index (χ0n) is 9.25. The molecule has 0 saturated heterocycles. The number of hydrogen-bond acceptors (Lipinski definition) is 6. The molecule has 0 aliphatic rings. The number of carbonyl (C=O) groups excluding carboxylic acids is 1. The molecule has 0 aliphatic carbocycles. The molecule has 0 bridgehead atoms. The summed E-state index contributed by atoms with van der Waals surface area (Å²) >= 11 is 0. The molecule has 1 amide bonds. The van der Waals surface area contributed by atoms with E-state index in [1.165, 1.54) is 6.33 Å². The summed E-state index contributed by atoms with van der Waals surface area (Å²) in [5.41, 5.74) is -0.112. The molecule has 18 heavy (non-hydrogen) atoms. The molecule has 2 aromatic rings. The summed E-state index contributed by atoms with van der Waals surface area (Å²) in [4.78, 5) is 26.1. The van der Waals surface area contributed by atoms with Crippen molar-refractivity contribution in [3.05, 3.63) is 29.7 Å². The van der Waals surface area contributed by atoms with Crippen LogP contribution < -0.4 is 5.32 Å². The lowest BCUT2D eigenvalue weighted by molar-refractivity contribution is 0.0651. The van der Waals surface area contributed by atoms with Gasteiger partial charge in [0.05, 0.1) is 6.04 Å². The molecule has 0 aliphatic heterocycles. The molecule has 0 aromatic carbocycles. The molecule has 1 unspecified atom stereocenters. The maximum absolute atomic E-state index is 11.7. The number of hydrogen-bond donors (Lipinski definition) is 3. The van der Waals surface area contributed by atoms with Crippen molar-refractivity contribution in [3.8, 4) is 0 Å². The number of nitrogens with one attached hydrogen (secondary N) is 2. The number of carbonyl (C=O) groups is 2. The Morgan fingerprint density at radius 1 is 1.56 bits per heavy atom. The fourth-order valence-corrected chi connectivity index (χ4v) is 1.25. The summed E-state index contributed by atoms with van der Waals surface area (Å²) < 4.78 is 4.47. The van der Waals surface area contributed by atoms with Gasteiger partial charge in [0.1, 0.15) is 12.2 Å². The summed E-state index contributed by atoms with van der Waals surface area (Å²) in [5.74, 6) is -1.77. The van der Waals surface area contributed by atoms with Gasteiger partial charge >= 0.3 is 5.97 Å². The van der Waals surface area contributed by atoms with Crippen LogP contribution in [0.2, 0.25) is 0 Å². The standard InChI is InChI=1S/C9H9N5O4/c1-4(7-10-3-11-13-7)12-8(15)5-2-6(9(16)17)18-14-5/h2-4H,1H3,(H,12,15)(H,16,17)(H,10,11,13). The minimum atomic E-state index is -1.29. The number of carboxylic acid groups (broad SMARTS) is 1. The van der Waals surface area contributed by atoms with Crippen LogP contribution >= 0.6 is 0 Å². The third-order valence-electron chi connectivity index (χ3n) is 2.14. The Labute approximate surface area is 100 Å². The summed E-state index contributed by atoms with van der Waals surface area (Å²) in [6, 6.07) is 0.634. The number of aromatic nitrogens is 4. The summed E-state index contributed by atoms with van der Waals surface area (Å²) in [6.07, 6.45) is 1.32. The van der Waals surface area contributed by atoms with E-state index in [1.54, 1.807) is 6.92 Å². The maximum Gasteiger partial charge on any atom is 0.374 e. The predicted molar refractivity (Wildman–Crippen MR) is 55.7 cm³/mol. The van der Waals surface area contributed by atoms with Gasteiger partial charge in [-0.1, -0.05) is 5.16 Å². The molecule has 2 rings (SSSR count). The van der Waals surface area contributed by atoms with Gasteiger partial charge in [-0.25, -0.2) is 9.78 Å². The number of nitrogens with zero attached hydrogens (tertiary/aromatic N) is 3. The lowest BCUT2D eigenvalue weighted by atomic mass is 10.3. The maximum atomic E-state index is 11.7. The normalized spacial score (nSPS) is 12.1. The zero-order valence-corrected chi connectivity index (χ0v) is 9.25. The average Bonchev–Trinajstić information content (AvgIpc) is 3.00. The molecule has 1 atom stereocenters. The van der Waals surface area contributed by atoms with Crippen molar-refractivity contribution in [2.75, 3.05) is 0 Å². The third-order valence-corrected chi connectivity index (χ3v) is 2.14. The highest BCUT2D eigenvalue weighted by Gasteiger charge is 2.19. The second-order valence-corrected chi connectivity index (χ2v) is 3.45. The number of aromatic carboxylic acids is 1. The van der Waals surface area contributed by atoms with Gasteiger partial charge in [-0.05, 0) is 6.92 Å². The Hall–Kier alpha value is -2.71. The van der Waals surface area contributed by atoms with Gasteiger partial charge in [0.2, 0.25) is 5.76 Å². The van der Waals surface area contributed by atoms with Gasteiger partial charge in [-0.15, -0.1) is 0 Å². The van der Waals surface area contributed by atoms with Crippen molar-refractivity contribution in [2.24, 2.45) is 0 Å². The van der Waals surface area contributed by atoms with Gasteiger partial charge < -0.3 is 14.9 Å². The van der Waals surface area contributed by atoms with Crippen molar-refractivity contribution in [1.29, 1.82) is 0 Å². The monoisotopic (exact) mass is 251 g/mol. The van der Waals surface area contributed by atoms with Crippen LogP contribution in [0.5, 0.6) is 0 Å². The van der Waals surface area contributed by atoms with E-state index in [2.05, 4.69) is 30.2 Å². The van der Waals surface area contributed by atoms with E-state index in [9.17, 15) is 9.59 Å². The highest BCUT2D eigenvalue weighted by Crippen LogP contribution is 2.08. The largest absolute Gasteiger partial charge is 0.475 e. The quantitative estimate of drug-likeness (QED) is 0.695. The highest BCUT2D eigenvalue weighted by atomic mass is 16.5. The first-order valence-electron chi connectivity index (χ1n) is 4.94. The fourth-order valence-electron chi connectivity index (χ4n) is 1.25. The van der Waals surface area contributed by atoms with E-state index in [0.717, 1.165) is 6.07 Å². The van der Waals surface area contributed by atoms with Crippen LogP contribution in [0.4, 0.5) is 0 Å². The van der Waals surface area contributed by atoms with E-state index in [4.69, 9.17) is 5.11 Å². The fraction of sp³-hybridized carbons (Fsp3) is 0.222. The van der Waals surface area contributed by atoms with Crippen LogP contribution in [0.25, 0.3) is 0 Å². The van der Waals surface area contributed by atoms with Gasteiger partial charge in [0.25, 0.3) is 5.91 Å². The first-order valence-corrected chi connectivity index (χ1v) is 4.94. The van der Waals surface area contributed by atoms with Gasteiger partial charge in [-0.2, -0.15) is 5.10 Å². The molecule has 9 nitrogen and oxygen atoms in total. The molecular formula is C9H9N5O4. The van der Waals surface area contributed by atoms with Crippen molar-refractivity contribution in [2.45, 2.75) is 13.0 Å². The molecule has 2 heterocycles. The lowest BCUT2D eigenvalue weighted by Gasteiger charge is -2.08. The van der Waals surface area contributed by atoms with Crippen molar-refractivity contribution < 1.29 is 19.2 Å². The van der Waals surface area contributed by atoms with Crippen LogP contribution in [0, 0.1) is 0 Å². The average molecular weight is 251 g/mol. The zero-order chi connectivity index (χ0) is 13.1. The van der Waals surface area contributed by atoms with Crippen molar-refractivity contribution in [1.82, 2.24) is 25.7 Å². The lowest BCUT2D eigenvalue weighted by Crippen LogP contribution is -2.27.